The zero-order chi connectivity index (χ0) is 23.9. The molecular weight excluding hydrogens is 488 g/mol. The van der Waals surface area contributed by atoms with Crippen LogP contribution in [-0.4, -0.2) is 45.1 Å². The van der Waals surface area contributed by atoms with E-state index in [4.69, 9.17) is 4.74 Å². The van der Waals surface area contributed by atoms with E-state index in [0.29, 0.717) is 27.3 Å². The number of nitrogens with one attached hydrogen (secondary N) is 1. The van der Waals surface area contributed by atoms with Crippen LogP contribution >= 0.6 is 11.3 Å². The molecule has 5 rings (SSSR count). The second-order valence-corrected chi connectivity index (χ2v) is 9.44. The first kappa shape index (κ1) is 21.8. The summed E-state index contributed by atoms with van der Waals surface area (Å²) in [5.41, 5.74) is 1.80. The molecule has 34 heavy (non-hydrogen) atoms. The minimum absolute atomic E-state index is 0.0432. The highest BCUT2D eigenvalue weighted by Gasteiger charge is 2.23. The van der Waals surface area contributed by atoms with Crippen molar-refractivity contribution in [2.75, 3.05) is 11.8 Å². The van der Waals surface area contributed by atoms with Crippen LogP contribution in [0.5, 0.6) is 5.88 Å². The highest BCUT2D eigenvalue weighted by atomic mass is 32.2. The first-order valence-corrected chi connectivity index (χ1v) is 11.8. The zero-order valence-electron chi connectivity index (χ0n) is 17.2. The minimum atomic E-state index is -4.41. The molecule has 1 aromatic carbocycles. The Hall–Kier alpha value is -4.04. The molecule has 0 unspecified atom stereocenters. The van der Waals surface area contributed by atoms with Crippen molar-refractivity contribution in [3.8, 4) is 27.7 Å². The van der Waals surface area contributed by atoms with Gasteiger partial charge in [0.1, 0.15) is 33.6 Å². The summed E-state index contributed by atoms with van der Waals surface area (Å²) in [5.74, 6) is -2.17. The predicted octanol–water partition coefficient (Wildman–Crippen LogP) is 3.40. The van der Waals surface area contributed by atoms with E-state index in [1.165, 1.54) is 37.0 Å². The van der Waals surface area contributed by atoms with Gasteiger partial charge in [0, 0.05) is 35.8 Å². The van der Waals surface area contributed by atoms with Gasteiger partial charge in [0.2, 0.25) is 10.8 Å². The molecule has 172 valence electrons. The highest BCUT2D eigenvalue weighted by Crippen LogP contribution is 2.33. The second kappa shape index (κ2) is 8.39. The lowest BCUT2D eigenvalue weighted by molar-refractivity contribution is 0.400. The Labute approximate surface area is 195 Å². The van der Waals surface area contributed by atoms with Crippen LogP contribution in [0.25, 0.3) is 26.8 Å². The van der Waals surface area contributed by atoms with Crippen molar-refractivity contribution in [3.63, 3.8) is 0 Å². The van der Waals surface area contributed by atoms with Crippen LogP contribution < -0.4 is 9.46 Å². The fourth-order valence-corrected chi connectivity index (χ4v) is 5.10. The fourth-order valence-electron chi connectivity index (χ4n) is 3.14. The van der Waals surface area contributed by atoms with Crippen LogP contribution in [0.15, 0.2) is 60.3 Å². The lowest BCUT2D eigenvalue weighted by Crippen LogP contribution is -2.15. The highest BCUT2D eigenvalue weighted by molar-refractivity contribution is 7.92. The summed E-state index contributed by atoms with van der Waals surface area (Å²) in [7, 11) is -3.10. The number of fused-ring (bicyclic) bond motifs is 1. The lowest BCUT2D eigenvalue weighted by Gasteiger charge is -2.12. The molecule has 0 bridgehead atoms. The Kier molecular flexibility index (Phi) is 5.37. The standard InChI is InChI=1S/C20H13F2N7O3S2/c1-32-18-15(28-34(30,31)17-3-2-13(21)5-14(17)22)4-11(8-25-18)19-27-29-16(9-26-20(29)33-19)12-6-23-10-24-7-12/h2-10,28H,1H3. The Morgan fingerprint density at radius 1 is 1.03 bits per heavy atom. The molecule has 0 aliphatic rings. The Morgan fingerprint density at radius 3 is 2.56 bits per heavy atom. The number of benzene rings is 1. The topological polar surface area (TPSA) is 124 Å². The van der Waals surface area contributed by atoms with Crippen molar-refractivity contribution in [1.82, 2.24) is 29.5 Å². The van der Waals surface area contributed by atoms with E-state index in [1.54, 1.807) is 23.1 Å². The molecule has 0 radical (unpaired) electrons. The third-order valence-corrected chi connectivity index (χ3v) is 7.03. The summed E-state index contributed by atoms with van der Waals surface area (Å²) < 4.78 is 61.8. The van der Waals surface area contributed by atoms with Gasteiger partial charge in [-0.1, -0.05) is 11.3 Å². The van der Waals surface area contributed by atoms with Gasteiger partial charge in [-0.3, -0.25) is 4.72 Å². The van der Waals surface area contributed by atoms with E-state index in [2.05, 4.69) is 29.8 Å². The summed E-state index contributed by atoms with van der Waals surface area (Å²) in [6.07, 6.45) is 7.78. The van der Waals surface area contributed by atoms with Gasteiger partial charge < -0.3 is 4.74 Å². The Morgan fingerprint density at radius 2 is 1.82 bits per heavy atom. The summed E-state index contributed by atoms with van der Waals surface area (Å²) in [5, 5.41) is 5.04. The molecule has 0 saturated heterocycles. The molecule has 5 aromatic rings. The second-order valence-electron chi connectivity index (χ2n) is 6.83. The largest absolute Gasteiger partial charge is 0.480 e. The van der Waals surface area contributed by atoms with Crippen molar-refractivity contribution >= 4 is 32.0 Å². The van der Waals surface area contributed by atoms with Crippen LogP contribution in [0.3, 0.4) is 0 Å². The van der Waals surface area contributed by atoms with Gasteiger partial charge in [0.15, 0.2) is 0 Å². The number of ether oxygens (including phenoxy) is 1. The number of sulfonamides is 1. The Bertz CT molecular complexity index is 1620. The molecule has 0 amide bonds. The molecule has 0 spiro atoms. The molecular formula is C20H13F2N7O3S2. The summed E-state index contributed by atoms with van der Waals surface area (Å²) >= 11 is 1.25. The third kappa shape index (κ3) is 3.92. The van der Waals surface area contributed by atoms with Crippen molar-refractivity contribution in [2.24, 2.45) is 0 Å². The van der Waals surface area contributed by atoms with E-state index in [0.717, 1.165) is 17.7 Å². The van der Waals surface area contributed by atoms with E-state index < -0.39 is 26.6 Å². The average Bonchev–Trinajstić information content (AvgIpc) is 3.40. The number of hydrogen-bond acceptors (Lipinski definition) is 9. The molecule has 0 saturated carbocycles. The number of hydrogen-bond donors (Lipinski definition) is 1. The molecule has 0 aliphatic carbocycles. The first-order chi connectivity index (χ1) is 16.4. The van der Waals surface area contributed by atoms with Gasteiger partial charge in [-0.2, -0.15) is 5.10 Å². The molecule has 10 nitrogen and oxygen atoms in total. The number of methoxy groups -OCH3 is 1. The first-order valence-electron chi connectivity index (χ1n) is 9.48. The molecule has 0 aliphatic heterocycles. The predicted molar refractivity (Wildman–Crippen MR) is 119 cm³/mol. The normalized spacial score (nSPS) is 11.6. The summed E-state index contributed by atoms with van der Waals surface area (Å²) in [4.78, 5) is 16.3. The molecule has 4 aromatic heterocycles. The maximum atomic E-state index is 14.1. The molecule has 4 heterocycles. The lowest BCUT2D eigenvalue weighted by atomic mass is 10.2. The smallest absolute Gasteiger partial charge is 0.264 e. The van der Waals surface area contributed by atoms with Crippen LogP contribution in [0.4, 0.5) is 14.5 Å². The number of halogens is 2. The van der Waals surface area contributed by atoms with Crippen LogP contribution in [0.1, 0.15) is 0 Å². The van der Waals surface area contributed by atoms with E-state index in [9.17, 15) is 17.2 Å². The number of anilines is 1. The van der Waals surface area contributed by atoms with Gasteiger partial charge >= 0.3 is 0 Å². The third-order valence-electron chi connectivity index (χ3n) is 4.66. The average molecular weight is 502 g/mol. The number of rotatable bonds is 6. The van der Waals surface area contributed by atoms with E-state index >= 15 is 0 Å². The van der Waals surface area contributed by atoms with Crippen LogP contribution in [0.2, 0.25) is 0 Å². The molecule has 1 N–H and O–H groups in total. The van der Waals surface area contributed by atoms with Crippen molar-refractivity contribution in [1.29, 1.82) is 0 Å². The van der Waals surface area contributed by atoms with Crippen molar-refractivity contribution in [3.05, 3.63) is 67.0 Å². The number of imidazole rings is 1. The van der Waals surface area contributed by atoms with Crippen LogP contribution in [0, 0.1) is 11.6 Å². The maximum Gasteiger partial charge on any atom is 0.264 e. The summed E-state index contributed by atoms with van der Waals surface area (Å²) in [6, 6.07) is 3.63. The number of nitrogens with zero attached hydrogens (tertiary/aromatic N) is 6. The number of pyridine rings is 1. The van der Waals surface area contributed by atoms with Gasteiger partial charge in [0.25, 0.3) is 10.0 Å². The van der Waals surface area contributed by atoms with Crippen LogP contribution in [-0.2, 0) is 10.0 Å². The Balaban J connectivity index is 1.54. The van der Waals surface area contributed by atoms with Gasteiger partial charge in [-0.15, -0.1) is 0 Å². The quantitative estimate of drug-likeness (QED) is 0.375. The molecule has 0 atom stereocenters. The SMILES string of the molecule is COc1ncc(-c2nn3c(-c4cncnc4)cnc3s2)cc1NS(=O)(=O)c1ccc(F)cc1F. The fraction of sp³-hybridized carbons (Fsp3) is 0.0500. The zero-order valence-corrected chi connectivity index (χ0v) is 18.8. The monoisotopic (exact) mass is 501 g/mol. The molecule has 14 heteroatoms. The number of aromatic nitrogens is 6. The summed E-state index contributed by atoms with van der Waals surface area (Å²) in [6.45, 7) is 0. The maximum absolute atomic E-state index is 14.1. The van der Waals surface area contributed by atoms with Crippen molar-refractivity contribution in [2.45, 2.75) is 4.90 Å². The van der Waals surface area contributed by atoms with E-state index in [-0.39, 0.29) is 11.6 Å². The minimum Gasteiger partial charge on any atom is -0.480 e. The van der Waals surface area contributed by atoms with Gasteiger partial charge in [0.05, 0.1) is 19.0 Å². The van der Waals surface area contributed by atoms with Gasteiger partial charge in [-0.25, -0.2) is 41.6 Å². The van der Waals surface area contributed by atoms with E-state index in [1.807, 2.05) is 0 Å². The van der Waals surface area contributed by atoms with Gasteiger partial charge in [-0.05, 0) is 18.2 Å². The molecule has 0 fully saturated rings. The van der Waals surface area contributed by atoms with Crippen molar-refractivity contribution < 1.29 is 21.9 Å².